The zero-order valence-electron chi connectivity index (χ0n) is 8.85. The SMILES string of the molecule is O=[N+]([O-])c1ccc(CCS(=O)(=O)O)c([N+](=O)[O-])c1. The molecule has 0 unspecified atom stereocenters. The first-order chi connectivity index (χ1) is 8.20. The van der Waals surface area contributed by atoms with E-state index in [0.717, 1.165) is 18.2 Å². The van der Waals surface area contributed by atoms with Gasteiger partial charge in [-0.3, -0.25) is 24.8 Å². The molecule has 0 spiro atoms. The Bertz CT molecular complexity index is 595. The Kier molecular flexibility index (Phi) is 3.93. The van der Waals surface area contributed by atoms with Gasteiger partial charge in [0.15, 0.2) is 0 Å². The summed E-state index contributed by atoms with van der Waals surface area (Å²) in [7, 11) is -4.25. The van der Waals surface area contributed by atoms with Crippen molar-refractivity contribution in [3.05, 3.63) is 44.0 Å². The smallest absolute Gasteiger partial charge is 0.279 e. The van der Waals surface area contributed by atoms with Gasteiger partial charge in [-0.25, -0.2) is 0 Å². The second-order valence-electron chi connectivity index (χ2n) is 3.36. The van der Waals surface area contributed by atoms with Crippen molar-refractivity contribution in [2.75, 3.05) is 5.75 Å². The number of rotatable bonds is 5. The van der Waals surface area contributed by atoms with Crippen LogP contribution < -0.4 is 0 Å². The van der Waals surface area contributed by atoms with Crippen molar-refractivity contribution in [3.8, 4) is 0 Å². The second kappa shape index (κ2) is 5.06. The summed E-state index contributed by atoms with van der Waals surface area (Å²) in [5.41, 5.74) is -1.01. The van der Waals surface area contributed by atoms with Gasteiger partial charge in [0, 0.05) is 11.6 Å². The van der Waals surface area contributed by atoms with E-state index >= 15 is 0 Å². The number of nitro benzene ring substituents is 2. The van der Waals surface area contributed by atoms with Crippen LogP contribution >= 0.6 is 0 Å². The van der Waals surface area contributed by atoms with Crippen LogP contribution in [0.5, 0.6) is 0 Å². The van der Waals surface area contributed by atoms with Crippen molar-refractivity contribution < 1.29 is 22.8 Å². The van der Waals surface area contributed by atoms with E-state index in [1.165, 1.54) is 0 Å². The number of nitro groups is 2. The molecule has 0 aliphatic heterocycles. The molecule has 10 heteroatoms. The predicted molar refractivity (Wildman–Crippen MR) is 59.9 cm³/mol. The molecule has 1 N–H and O–H groups in total. The van der Waals surface area contributed by atoms with Gasteiger partial charge in [0.1, 0.15) is 0 Å². The lowest BCUT2D eigenvalue weighted by Crippen LogP contribution is -2.08. The molecule has 0 saturated heterocycles. The van der Waals surface area contributed by atoms with E-state index in [9.17, 15) is 28.6 Å². The topological polar surface area (TPSA) is 141 Å². The Morgan fingerprint density at radius 2 is 1.78 bits per heavy atom. The number of hydrogen-bond donors (Lipinski definition) is 1. The number of non-ortho nitro benzene ring substituents is 1. The Morgan fingerprint density at radius 3 is 2.22 bits per heavy atom. The molecule has 0 bridgehead atoms. The normalized spacial score (nSPS) is 11.2. The van der Waals surface area contributed by atoms with Crippen LogP contribution in [0.1, 0.15) is 5.56 Å². The van der Waals surface area contributed by atoms with Crippen molar-refractivity contribution in [1.82, 2.24) is 0 Å². The third-order valence-corrected chi connectivity index (χ3v) is 2.83. The first kappa shape index (κ1) is 14.0. The molecule has 0 aliphatic carbocycles. The molecule has 0 aliphatic rings. The Hall–Kier alpha value is -2.07. The molecule has 9 nitrogen and oxygen atoms in total. The molecule has 0 saturated carbocycles. The molecule has 0 aromatic heterocycles. The Balaban J connectivity index is 3.12. The first-order valence-corrected chi connectivity index (χ1v) is 6.18. The van der Waals surface area contributed by atoms with Crippen LogP contribution in [-0.4, -0.2) is 28.6 Å². The fourth-order valence-corrected chi connectivity index (χ4v) is 1.76. The summed E-state index contributed by atoms with van der Waals surface area (Å²) in [5, 5.41) is 21.1. The Labute approximate surface area is 101 Å². The Morgan fingerprint density at radius 1 is 1.17 bits per heavy atom. The van der Waals surface area contributed by atoms with Crippen molar-refractivity contribution >= 4 is 21.5 Å². The first-order valence-electron chi connectivity index (χ1n) is 4.57. The lowest BCUT2D eigenvalue weighted by molar-refractivity contribution is -0.394. The van der Waals surface area contributed by atoms with Gasteiger partial charge in [-0.05, 0) is 12.5 Å². The number of benzene rings is 1. The van der Waals surface area contributed by atoms with Crippen LogP contribution in [0.15, 0.2) is 18.2 Å². The van der Waals surface area contributed by atoms with Crippen LogP contribution in [0, 0.1) is 20.2 Å². The molecule has 1 aromatic rings. The average molecular weight is 276 g/mol. The third kappa shape index (κ3) is 3.75. The highest BCUT2D eigenvalue weighted by molar-refractivity contribution is 7.85. The van der Waals surface area contributed by atoms with Gasteiger partial charge in [0.05, 0.1) is 21.7 Å². The van der Waals surface area contributed by atoms with Crippen molar-refractivity contribution in [2.45, 2.75) is 6.42 Å². The summed E-state index contributed by atoms with van der Waals surface area (Å²) < 4.78 is 29.6. The van der Waals surface area contributed by atoms with Crippen LogP contribution in [0.25, 0.3) is 0 Å². The van der Waals surface area contributed by atoms with Gasteiger partial charge >= 0.3 is 0 Å². The molecule has 18 heavy (non-hydrogen) atoms. The molecular formula is C8H8N2O7S. The molecule has 1 aromatic carbocycles. The van der Waals surface area contributed by atoms with Crippen molar-refractivity contribution in [1.29, 1.82) is 0 Å². The second-order valence-corrected chi connectivity index (χ2v) is 4.94. The van der Waals surface area contributed by atoms with Crippen LogP contribution in [-0.2, 0) is 16.5 Å². The summed E-state index contributed by atoms with van der Waals surface area (Å²) in [6.45, 7) is 0. The largest absolute Gasteiger partial charge is 0.286 e. The highest BCUT2D eigenvalue weighted by Crippen LogP contribution is 2.25. The van der Waals surface area contributed by atoms with Crippen LogP contribution in [0.3, 0.4) is 0 Å². The molecule has 98 valence electrons. The number of nitrogens with zero attached hydrogens (tertiary/aromatic N) is 2. The van der Waals surface area contributed by atoms with Gasteiger partial charge in [-0.15, -0.1) is 0 Å². The third-order valence-electron chi connectivity index (χ3n) is 2.11. The highest BCUT2D eigenvalue weighted by Gasteiger charge is 2.20. The zero-order chi connectivity index (χ0) is 13.9. The summed E-state index contributed by atoms with van der Waals surface area (Å²) in [6, 6.07) is 2.88. The molecule has 0 heterocycles. The minimum atomic E-state index is -4.25. The summed E-state index contributed by atoms with van der Waals surface area (Å²) in [6.07, 6.45) is -0.298. The molecule has 0 amide bonds. The monoisotopic (exact) mass is 276 g/mol. The van der Waals surface area contributed by atoms with E-state index in [-0.39, 0.29) is 12.0 Å². The maximum atomic E-state index is 10.7. The van der Waals surface area contributed by atoms with Crippen molar-refractivity contribution in [2.24, 2.45) is 0 Å². The van der Waals surface area contributed by atoms with Gasteiger partial charge in [-0.1, -0.05) is 0 Å². The molecular weight excluding hydrogens is 268 g/mol. The van der Waals surface area contributed by atoms with Gasteiger partial charge < -0.3 is 0 Å². The van der Waals surface area contributed by atoms with E-state index < -0.39 is 37.1 Å². The summed E-state index contributed by atoms with van der Waals surface area (Å²) in [5.74, 6) is -0.689. The van der Waals surface area contributed by atoms with Crippen LogP contribution in [0.2, 0.25) is 0 Å². The maximum Gasteiger partial charge on any atom is 0.279 e. The molecule has 0 atom stereocenters. The minimum absolute atomic E-state index is 0.00299. The standard InChI is InChI=1S/C8H8N2O7S/c11-9(12)7-2-1-6(3-4-18(15,16)17)8(5-7)10(13)14/h1-2,5H,3-4H2,(H,15,16,17). The van der Waals surface area contributed by atoms with Gasteiger partial charge in [0.25, 0.3) is 21.5 Å². The summed E-state index contributed by atoms with van der Waals surface area (Å²) >= 11 is 0. The molecule has 0 fully saturated rings. The minimum Gasteiger partial charge on any atom is -0.286 e. The van der Waals surface area contributed by atoms with E-state index in [2.05, 4.69) is 0 Å². The number of aryl methyl sites for hydroxylation is 1. The fraction of sp³-hybridized carbons (Fsp3) is 0.250. The summed E-state index contributed by atoms with van der Waals surface area (Å²) in [4.78, 5) is 19.5. The molecule has 1 rings (SSSR count). The fourth-order valence-electron chi connectivity index (χ4n) is 1.29. The van der Waals surface area contributed by atoms with Gasteiger partial charge in [-0.2, -0.15) is 8.42 Å². The quantitative estimate of drug-likeness (QED) is 0.479. The molecule has 0 radical (unpaired) electrons. The van der Waals surface area contributed by atoms with Crippen LogP contribution in [0.4, 0.5) is 11.4 Å². The maximum absolute atomic E-state index is 10.7. The van der Waals surface area contributed by atoms with Gasteiger partial charge in [0.2, 0.25) is 0 Å². The lowest BCUT2D eigenvalue weighted by Gasteiger charge is -2.01. The van der Waals surface area contributed by atoms with E-state index in [0.29, 0.717) is 0 Å². The number of hydrogen-bond acceptors (Lipinski definition) is 6. The predicted octanol–water partition coefficient (Wildman–Crippen LogP) is 0.933. The van der Waals surface area contributed by atoms with E-state index in [1.54, 1.807) is 0 Å². The highest BCUT2D eigenvalue weighted by atomic mass is 32.2. The average Bonchev–Trinajstić information content (AvgIpc) is 2.24. The van der Waals surface area contributed by atoms with Crippen molar-refractivity contribution in [3.63, 3.8) is 0 Å². The van der Waals surface area contributed by atoms with E-state index in [4.69, 9.17) is 4.55 Å². The lowest BCUT2D eigenvalue weighted by atomic mass is 10.1. The van der Waals surface area contributed by atoms with E-state index in [1.807, 2.05) is 0 Å². The zero-order valence-corrected chi connectivity index (χ0v) is 9.66.